The van der Waals surface area contributed by atoms with Crippen LogP contribution in [0.5, 0.6) is 11.5 Å². The number of fused-ring (bicyclic) bond motifs is 1. The first-order chi connectivity index (χ1) is 12.8. The molecule has 2 aliphatic rings. The van der Waals surface area contributed by atoms with Crippen LogP contribution in [0.25, 0.3) is 0 Å². The van der Waals surface area contributed by atoms with Crippen molar-refractivity contribution >= 4 is 31.7 Å². The molecule has 0 N–H and O–H groups in total. The van der Waals surface area contributed by atoms with Crippen molar-refractivity contribution in [2.75, 3.05) is 19.8 Å². The first-order valence-corrected chi connectivity index (χ1v) is 11.9. The highest BCUT2D eigenvalue weighted by Crippen LogP contribution is 2.36. The molecule has 1 aromatic rings. The highest BCUT2D eigenvalue weighted by Gasteiger charge is 2.35. The molecule has 1 saturated heterocycles. The molecule has 0 saturated carbocycles. The zero-order valence-electron chi connectivity index (χ0n) is 15.7. The van der Waals surface area contributed by atoms with E-state index in [1.54, 1.807) is 17.0 Å². The second-order valence-electron chi connectivity index (χ2n) is 7.13. The molecule has 150 valence electrons. The minimum atomic E-state index is -3.66. The van der Waals surface area contributed by atoms with E-state index in [9.17, 15) is 13.2 Å². The summed E-state index contributed by atoms with van der Waals surface area (Å²) >= 11 is 3.42. The fraction of sp³-hybridized carbons (Fsp3) is 0.632. The van der Waals surface area contributed by atoms with E-state index in [4.69, 9.17) is 9.47 Å². The Labute approximate surface area is 169 Å². The van der Waals surface area contributed by atoms with Gasteiger partial charge in [-0.2, -0.15) is 0 Å². The van der Waals surface area contributed by atoms with E-state index < -0.39 is 15.1 Å². The zero-order chi connectivity index (χ0) is 19.6. The standard InChI is InChI=1S/C19H26BrNO5S/c1-3-15-6-4-5-7-21(15)19(22)13(2)27(23,24)12-14-10-17-18(11-16(14)20)26-9-8-25-17/h10-11,13,15H,3-9,12H2,1-2H3. The van der Waals surface area contributed by atoms with Gasteiger partial charge in [-0.25, -0.2) is 8.42 Å². The average Bonchev–Trinajstić information content (AvgIpc) is 2.67. The summed E-state index contributed by atoms with van der Waals surface area (Å²) < 4.78 is 37.6. The minimum Gasteiger partial charge on any atom is -0.486 e. The summed E-state index contributed by atoms with van der Waals surface area (Å²) in [7, 11) is -3.66. The minimum absolute atomic E-state index is 0.143. The summed E-state index contributed by atoms with van der Waals surface area (Å²) in [6.07, 6.45) is 3.82. The van der Waals surface area contributed by atoms with Gasteiger partial charge in [-0.15, -0.1) is 0 Å². The molecular weight excluding hydrogens is 434 g/mol. The maximum Gasteiger partial charge on any atom is 0.240 e. The van der Waals surface area contributed by atoms with E-state index in [1.807, 2.05) is 6.92 Å². The van der Waals surface area contributed by atoms with Crippen LogP contribution in [0.2, 0.25) is 0 Å². The number of piperidine rings is 1. The molecule has 3 rings (SSSR count). The van der Waals surface area contributed by atoms with Crippen LogP contribution in [0.4, 0.5) is 0 Å². The van der Waals surface area contributed by atoms with Crippen molar-refractivity contribution in [1.29, 1.82) is 0 Å². The molecule has 2 aliphatic heterocycles. The average molecular weight is 460 g/mol. The zero-order valence-corrected chi connectivity index (χ0v) is 18.1. The molecule has 0 aliphatic carbocycles. The molecule has 27 heavy (non-hydrogen) atoms. The fourth-order valence-corrected chi connectivity index (χ4v) is 5.67. The lowest BCUT2D eigenvalue weighted by Crippen LogP contribution is -2.49. The van der Waals surface area contributed by atoms with E-state index in [0.717, 1.165) is 25.7 Å². The van der Waals surface area contributed by atoms with Gasteiger partial charge in [0.25, 0.3) is 0 Å². The third kappa shape index (κ3) is 4.42. The van der Waals surface area contributed by atoms with Crippen LogP contribution in [0.1, 0.15) is 45.1 Å². The van der Waals surface area contributed by atoms with Crippen LogP contribution in [0.15, 0.2) is 16.6 Å². The molecule has 0 aromatic heterocycles. The first-order valence-electron chi connectivity index (χ1n) is 9.43. The lowest BCUT2D eigenvalue weighted by atomic mass is 10.00. The Morgan fingerprint density at radius 1 is 1.26 bits per heavy atom. The van der Waals surface area contributed by atoms with Crippen LogP contribution in [0, 0.1) is 0 Å². The van der Waals surface area contributed by atoms with Crippen LogP contribution < -0.4 is 9.47 Å². The summed E-state index contributed by atoms with van der Waals surface area (Å²) in [5.41, 5.74) is 0.574. The van der Waals surface area contributed by atoms with Gasteiger partial charge in [0.1, 0.15) is 18.5 Å². The number of sulfone groups is 1. The van der Waals surface area contributed by atoms with E-state index in [2.05, 4.69) is 15.9 Å². The van der Waals surface area contributed by atoms with Crippen molar-refractivity contribution in [1.82, 2.24) is 4.90 Å². The number of carbonyl (C=O) groups is 1. The van der Waals surface area contributed by atoms with Crippen LogP contribution in [-0.2, 0) is 20.4 Å². The molecule has 1 fully saturated rings. The number of hydrogen-bond donors (Lipinski definition) is 0. The lowest BCUT2D eigenvalue weighted by molar-refractivity contribution is -0.134. The Morgan fingerprint density at radius 2 is 1.93 bits per heavy atom. The number of halogens is 1. The Balaban J connectivity index is 1.78. The van der Waals surface area contributed by atoms with Gasteiger partial charge >= 0.3 is 0 Å². The van der Waals surface area contributed by atoms with E-state index >= 15 is 0 Å². The van der Waals surface area contributed by atoms with Gasteiger partial charge in [-0.3, -0.25) is 4.79 Å². The quantitative estimate of drug-likeness (QED) is 0.674. The summed E-state index contributed by atoms with van der Waals surface area (Å²) in [5.74, 6) is 0.630. The van der Waals surface area contributed by atoms with Gasteiger partial charge in [0.05, 0.1) is 5.75 Å². The highest BCUT2D eigenvalue weighted by molar-refractivity contribution is 9.10. The third-order valence-corrected chi connectivity index (χ3v) is 8.07. The molecule has 1 aromatic carbocycles. The summed E-state index contributed by atoms with van der Waals surface area (Å²) in [5, 5.41) is -1.07. The molecule has 6 nitrogen and oxygen atoms in total. The second-order valence-corrected chi connectivity index (χ2v) is 10.3. The molecule has 2 heterocycles. The van der Waals surface area contributed by atoms with Crippen LogP contribution in [0.3, 0.4) is 0 Å². The number of ether oxygens (including phenoxy) is 2. The third-order valence-electron chi connectivity index (χ3n) is 5.34. The van der Waals surface area contributed by atoms with Gasteiger partial charge < -0.3 is 14.4 Å². The molecule has 2 unspecified atom stereocenters. The molecule has 0 radical (unpaired) electrons. The van der Waals surface area contributed by atoms with Gasteiger partial charge in [-0.1, -0.05) is 22.9 Å². The molecule has 2 atom stereocenters. The number of likely N-dealkylation sites (tertiary alicyclic amines) is 1. The Bertz CT molecular complexity index is 811. The van der Waals surface area contributed by atoms with E-state index in [1.165, 1.54) is 6.92 Å². The largest absolute Gasteiger partial charge is 0.486 e. The predicted octanol–water partition coefficient (Wildman–Crippen LogP) is 3.31. The fourth-order valence-electron chi connectivity index (χ4n) is 3.66. The summed E-state index contributed by atoms with van der Waals surface area (Å²) in [4.78, 5) is 14.7. The number of nitrogens with zero attached hydrogens (tertiary/aromatic N) is 1. The van der Waals surface area contributed by atoms with Crippen LogP contribution >= 0.6 is 15.9 Å². The Kier molecular flexibility index (Phi) is 6.35. The number of rotatable bonds is 5. The van der Waals surface area contributed by atoms with Crippen molar-refractivity contribution in [3.8, 4) is 11.5 Å². The van der Waals surface area contributed by atoms with Gasteiger partial charge in [0.2, 0.25) is 5.91 Å². The Hall–Kier alpha value is -1.28. The van der Waals surface area contributed by atoms with Crippen molar-refractivity contribution in [2.45, 2.75) is 56.6 Å². The first kappa shape index (κ1) is 20.5. The van der Waals surface area contributed by atoms with Gasteiger partial charge in [0, 0.05) is 17.1 Å². The molecular formula is C19H26BrNO5S. The predicted molar refractivity (Wildman–Crippen MR) is 107 cm³/mol. The number of benzene rings is 1. The summed E-state index contributed by atoms with van der Waals surface area (Å²) in [6.45, 7) is 5.09. The monoisotopic (exact) mass is 459 g/mol. The Morgan fingerprint density at radius 3 is 2.59 bits per heavy atom. The molecule has 0 bridgehead atoms. The van der Waals surface area contributed by atoms with Gasteiger partial charge in [0.15, 0.2) is 21.3 Å². The van der Waals surface area contributed by atoms with Crippen LogP contribution in [-0.4, -0.2) is 50.3 Å². The normalized spacial score (nSPS) is 21.0. The van der Waals surface area contributed by atoms with E-state index in [0.29, 0.717) is 41.3 Å². The molecule has 1 amide bonds. The smallest absolute Gasteiger partial charge is 0.240 e. The second kappa shape index (κ2) is 8.39. The topological polar surface area (TPSA) is 72.9 Å². The lowest BCUT2D eigenvalue weighted by Gasteiger charge is -2.36. The maximum atomic E-state index is 13.0. The number of carbonyl (C=O) groups excluding carboxylic acids is 1. The summed E-state index contributed by atoms with van der Waals surface area (Å²) in [6, 6.07) is 3.55. The van der Waals surface area contributed by atoms with Crippen molar-refractivity contribution in [3.63, 3.8) is 0 Å². The number of hydrogen-bond acceptors (Lipinski definition) is 5. The molecule has 0 spiro atoms. The van der Waals surface area contributed by atoms with Crippen molar-refractivity contribution in [2.24, 2.45) is 0 Å². The van der Waals surface area contributed by atoms with Gasteiger partial charge in [-0.05, 0) is 50.3 Å². The maximum absolute atomic E-state index is 13.0. The highest BCUT2D eigenvalue weighted by atomic mass is 79.9. The van der Waals surface area contributed by atoms with Crippen molar-refractivity contribution < 1.29 is 22.7 Å². The van der Waals surface area contributed by atoms with E-state index in [-0.39, 0.29) is 17.7 Å². The number of amides is 1. The molecule has 8 heteroatoms. The SMILES string of the molecule is CCC1CCCCN1C(=O)C(C)S(=O)(=O)Cc1cc2c(cc1Br)OCCO2. The van der Waals surface area contributed by atoms with Crippen molar-refractivity contribution in [3.05, 3.63) is 22.2 Å².